The Kier molecular flexibility index (Phi) is 6.57. The Hall–Kier alpha value is -2.44. The van der Waals surface area contributed by atoms with Gasteiger partial charge in [-0.25, -0.2) is 0 Å². The lowest BCUT2D eigenvalue weighted by Crippen LogP contribution is -2.39. The number of ether oxygens (including phenoxy) is 1. The number of nitrogens with one attached hydrogen (secondary N) is 2. The first-order chi connectivity index (χ1) is 12.7. The van der Waals surface area contributed by atoms with Crippen LogP contribution in [-0.2, 0) is 11.3 Å². The Morgan fingerprint density at radius 1 is 1.23 bits per heavy atom. The molecule has 0 saturated carbocycles. The molecule has 2 N–H and O–H groups in total. The van der Waals surface area contributed by atoms with E-state index in [9.17, 15) is 4.79 Å². The molecule has 1 saturated heterocycles. The van der Waals surface area contributed by atoms with Gasteiger partial charge in [-0.15, -0.1) is 0 Å². The summed E-state index contributed by atoms with van der Waals surface area (Å²) in [6, 6.07) is 9.97. The van der Waals surface area contributed by atoms with Crippen molar-refractivity contribution >= 4 is 11.6 Å². The molecule has 0 bridgehead atoms. The zero-order chi connectivity index (χ0) is 18.2. The van der Waals surface area contributed by atoms with Gasteiger partial charge in [-0.3, -0.25) is 14.7 Å². The Bertz CT molecular complexity index is 729. The molecule has 6 nitrogen and oxygen atoms in total. The molecule has 0 aliphatic carbocycles. The summed E-state index contributed by atoms with van der Waals surface area (Å²) >= 11 is 0. The van der Waals surface area contributed by atoms with Crippen molar-refractivity contribution in [3.63, 3.8) is 0 Å². The highest BCUT2D eigenvalue weighted by molar-refractivity contribution is 5.94. The maximum absolute atomic E-state index is 12.4. The van der Waals surface area contributed by atoms with E-state index >= 15 is 0 Å². The van der Waals surface area contributed by atoms with Gasteiger partial charge in [0.1, 0.15) is 0 Å². The van der Waals surface area contributed by atoms with E-state index in [-0.39, 0.29) is 5.91 Å². The van der Waals surface area contributed by atoms with Crippen LogP contribution in [-0.4, -0.2) is 55.2 Å². The van der Waals surface area contributed by atoms with Crippen molar-refractivity contribution in [2.24, 2.45) is 0 Å². The monoisotopic (exact) mass is 354 g/mol. The van der Waals surface area contributed by atoms with E-state index in [0.29, 0.717) is 12.1 Å². The largest absolute Gasteiger partial charge is 0.382 e. The number of nitrogens with zero attached hydrogens (tertiary/aromatic N) is 2. The molecule has 0 unspecified atom stereocenters. The van der Waals surface area contributed by atoms with Gasteiger partial charge in [-0.2, -0.15) is 0 Å². The molecule has 2 aromatic rings. The normalized spacial score (nSPS) is 14.8. The lowest BCUT2D eigenvalue weighted by molar-refractivity contribution is 0.0398. The van der Waals surface area contributed by atoms with E-state index in [2.05, 4.69) is 26.6 Å². The molecular formula is C20H26N4O2. The van der Waals surface area contributed by atoms with Crippen LogP contribution in [0, 0.1) is 6.92 Å². The average Bonchev–Trinajstić information content (AvgIpc) is 2.67. The van der Waals surface area contributed by atoms with Crippen molar-refractivity contribution in [2.45, 2.75) is 13.5 Å². The predicted octanol–water partition coefficient (Wildman–Crippen LogP) is 2.06. The molecule has 3 rings (SSSR count). The molecule has 26 heavy (non-hydrogen) atoms. The number of carbonyl (C=O) groups is 1. The van der Waals surface area contributed by atoms with Crippen molar-refractivity contribution in [1.29, 1.82) is 0 Å². The summed E-state index contributed by atoms with van der Waals surface area (Å²) in [5.74, 6) is -0.115. The molecule has 0 spiro atoms. The second-order valence-electron chi connectivity index (χ2n) is 6.51. The van der Waals surface area contributed by atoms with Crippen LogP contribution in [0.25, 0.3) is 0 Å². The molecule has 6 heteroatoms. The van der Waals surface area contributed by atoms with Gasteiger partial charge in [0.2, 0.25) is 0 Å². The maximum Gasteiger partial charge on any atom is 0.253 e. The number of hydrogen-bond donors (Lipinski definition) is 2. The van der Waals surface area contributed by atoms with Crippen LogP contribution in [0.1, 0.15) is 21.5 Å². The molecule has 0 atom stereocenters. The molecule has 1 fully saturated rings. The molecule has 1 amide bonds. The number of hydrogen-bond acceptors (Lipinski definition) is 5. The summed E-state index contributed by atoms with van der Waals surface area (Å²) in [5.41, 5.74) is 3.70. The van der Waals surface area contributed by atoms with Gasteiger partial charge in [0.15, 0.2) is 0 Å². The van der Waals surface area contributed by atoms with Crippen LogP contribution in [0.5, 0.6) is 0 Å². The van der Waals surface area contributed by atoms with Gasteiger partial charge in [0.05, 0.1) is 24.5 Å². The number of carbonyl (C=O) groups excluding carboxylic acids is 1. The van der Waals surface area contributed by atoms with Crippen LogP contribution in [0.15, 0.2) is 42.7 Å². The van der Waals surface area contributed by atoms with Crippen LogP contribution in [0.2, 0.25) is 0 Å². The standard InChI is InChI=1S/C20H26N4O2/c1-16-3-2-4-17(11-16)13-23-20(25)18-12-19(15-21-14-18)22-5-6-24-7-9-26-10-8-24/h2-4,11-12,14-15,22H,5-10,13H2,1H3,(H,23,25). The number of rotatable bonds is 7. The highest BCUT2D eigenvalue weighted by atomic mass is 16.5. The Morgan fingerprint density at radius 2 is 2.08 bits per heavy atom. The summed E-state index contributed by atoms with van der Waals surface area (Å²) in [6.07, 6.45) is 3.34. The lowest BCUT2D eigenvalue weighted by Gasteiger charge is -2.26. The first-order valence-corrected chi connectivity index (χ1v) is 9.03. The summed E-state index contributed by atoms with van der Waals surface area (Å²) in [6.45, 7) is 7.87. The second-order valence-corrected chi connectivity index (χ2v) is 6.51. The fourth-order valence-corrected chi connectivity index (χ4v) is 2.95. The SMILES string of the molecule is Cc1cccc(CNC(=O)c2cncc(NCCN3CCOCC3)c2)c1. The number of morpholine rings is 1. The smallest absolute Gasteiger partial charge is 0.253 e. The van der Waals surface area contributed by atoms with Gasteiger partial charge in [0, 0.05) is 45.1 Å². The van der Waals surface area contributed by atoms with Crippen LogP contribution >= 0.6 is 0 Å². The number of aromatic nitrogens is 1. The maximum atomic E-state index is 12.4. The highest BCUT2D eigenvalue weighted by Gasteiger charge is 2.10. The van der Waals surface area contributed by atoms with Crippen LogP contribution in [0.3, 0.4) is 0 Å². The molecule has 1 aromatic carbocycles. The quantitative estimate of drug-likeness (QED) is 0.797. The summed E-state index contributed by atoms with van der Waals surface area (Å²) < 4.78 is 5.35. The molecule has 1 aromatic heterocycles. The Labute approximate surface area is 154 Å². The van der Waals surface area contributed by atoms with Gasteiger partial charge in [0.25, 0.3) is 5.91 Å². The third-order valence-electron chi connectivity index (χ3n) is 4.40. The van der Waals surface area contributed by atoms with Crippen molar-refractivity contribution in [2.75, 3.05) is 44.7 Å². The number of anilines is 1. The number of benzene rings is 1. The van der Waals surface area contributed by atoms with E-state index < -0.39 is 0 Å². The van der Waals surface area contributed by atoms with E-state index in [1.807, 2.05) is 31.2 Å². The van der Waals surface area contributed by atoms with Crippen LogP contribution < -0.4 is 10.6 Å². The molecule has 2 heterocycles. The fraction of sp³-hybridized carbons (Fsp3) is 0.400. The van der Waals surface area contributed by atoms with E-state index in [4.69, 9.17) is 4.74 Å². The molecule has 0 radical (unpaired) electrons. The van der Waals surface area contributed by atoms with Crippen molar-refractivity contribution < 1.29 is 9.53 Å². The molecule has 138 valence electrons. The average molecular weight is 354 g/mol. The lowest BCUT2D eigenvalue weighted by atomic mass is 10.1. The third kappa shape index (κ3) is 5.54. The van der Waals surface area contributed by atoms with Gasteiger partial charge in [-0.1, -0.05) is 29.8 Å². The highest BCUT2D eigenvalue weighted by Crippen LogP contribution is 2.09. The van der Waals surface area contributed by atoms with E-state index in [1.165, 1.54) is 5.56 Å². The summed E-state index contributed by atoms with van der Waals surface area (Å²) in [7, 11) is 0. The summed E-state index contributed by atoms with van der Waals surface area (Å²) in [5, 5.41) is 6.29. The number of amides is 1. The minimum absolute atomic E-state index is 0.115. The molecule has 1 aliphatic rings. The van der Waals surface area contributed by atoms with Gasteiger partial charge >= 0.3 is 0 Å². The fourth-order valence-electron chi connectivity index (χ4n) is 2.95. The second kappa shape index (κ2) is 9.31. The van der Waals surface area contributed by atoms with Crippen molar-refractivity contribution in [3.8, 4) is 0 Å². The van der Waals surface area contributed by atoms with Crippen LogP contribution in [0.4, 0.5) is 5.69 Å². The third-order valence-corrected chi connectivity index (χ3v) is 4.40. The minimum atomic E-state index is -0.115. The first kappa shape index (κ1) is 18.4. The first-order valence-electron chi connectivity index (χ1n) is 9.03. The minimum Gasteiger partial charge on any atom is -0.382 e. The topological polar surface area (TPSA) is 66.5 Å². The number of pyridine rings is 1. The van der Waals surface area contributed by atoms with Crippen molar-refractivity contribution in [1.82, 2.24) is 15.2 Å². The van der Waals surface area contributed by atoms with Gasteiger partial charge in [-0.05, 0) is 18.6 Å². The molecular weight excluding hydrogens is 328 g/mol. The summed E-state index contributed by atoms with van der Waals surface area (Å²) in [4.78, 5) is 18.9. The van der Waals surface area contributed by atoms with Crippen molar-refractivity contribution in [3.05, 3.63) is 59.4 Å². The van der Waals surface area contributed by atoms with E-state index in [1.54, 1.807) is 12.4 Å². The number of aryl methyl sites for hydroxylation is 1. The predicted molar refractivity (Wildman–Crippen MR) is 102 cm³/mol. The van der Waals surface area contributed by atoms with Gasteiger partial charge < -0.3 is 15.4 Å². The zero-order valence-corrected chi connectivity index (χ0v) is 15.2. The Morgan fingerprint density at radius 3 is 2.88 bits per heavy atom. The zero-order valence-electron chi connectivity index (χ0n) is 15.2. The Balaban J connectivity index is 1.48. The molecule has 1 aliphatic heterocycles. The van der Waals surface area contributed by atoms with E-state index in [0.717, 1.165) is 50.6 Å².